The zero-order valence-electron chi connectivity index (χ0n) is 20.5. The van der Waals surface area contributed by atoms with Crippen LogP contribution in [0.25, 0.3) is 11.5 Å². The Labute approximate surface area is 210 Å². The molecule has 1 N–H and O–H groups in total. The van der Waals surface area contributed by atoms with Crippen molar-refractivity contribution in [2.75, 3.05) is 51.6 Å². The van der Waals surface area contributed by atoms with Crippen molar-refractivity contribution < 1.29 is 9.00 Å². The van der Waals surface area contributed by atoms with Gasteiger partial charge in [-0.15, -0.1) is 0 Å². The van der Waals surface area contributed by atoms with Crippen LogP contribution in [0.3, 0.4) is 0 Å². The summed E-state index contributed by atoms with van der Waals surface area (Å²) in [5.74, 6) is 0.954. The number of hydrogen-bond donors (Lipinski definition) is 1. The number of rotatable bonds is 12. The molecule has 3 aromatic rings. The first-order chi connectivity index (χ1) is 17.1. The average molecular weight is 497 g/mol. The Hall–Kier alpha value is -2.75. The molecule has 9 heteroatoms. The average Bonchev–Trinajstić information content (AvgIpc) is 3.53. The molecule has 4 rings (SSSR count). The fourth-order valence-electron chi connectivity index (χ4n) is 4.49. The molecule has 0 spiro atoms. The fraction of sp³-hybridized carbons (Fsp3) is 0.462. The first-order valence-corrected chi connectivity index (χ1v) is 13.9. The summed E-state index contributed by atoms with van der Waals surface area (Å²) >= 11 is 0. The molecule has 3 heterocycles. The molecule has 1 saturated heterocycles. The quantitative estimate of drug-likeness (QED) is 0.390. The molecule has 1 aliphatic rings. The van der Waals surface area contributed by atoms with E-state index in [9.17, 15) is 9.00 Å². The van der Waals surface area contributed by atoms with Gasteiger partial charge in [0, 0.05) is 61.5 Å². The minimum Gasteiger partial charge on any atom is -0.355 e. The van der Waals surface area contributed by atoms with Gasteiger partial charge < -0.3 is 19.7 Å². The topological polar surface area (TPSA) is 75.4 Å². The highest BCUT2D eigenvalue weighted by molar-refractivity contribution is 7.84. The van der Waals surface area contributed by atoms with Crippen LogP contribution in [-0.4, -0.2) is 85.8 Å². The first kappa shape index (κ1) is 25.3. The van der Waals surface area contributed by atoms with Gasteiger partial charge in [0.15, 0.2) is 0 Å². The second kappa shape index (κ2) is 12.8. The van der Waals surface area contributed by atoms with E-state index in [1.807, 2.05) is 64.1 Å². The van der Waals surface area contributed by atoms with Gasteiger partial charge in [-0.1, -0.05) is 25.1 Å². The van der Waals surface area contributed by atoms with Crippen molar-refractivity contribution in [3.63, 3.8) is 0 Å². The molecule has 188 valence electrons. The lowest BCUT2D eigenvalue weighted by atomic mass is 10.2. The molecule has 0 unspecified atom stereocenters. The van der Waals surface area contributed by atoms with Gasteiger partial charge in [0.1, 0.15) is 11.6 Å². The lowest BCUT2D eigenvalue weighted by Crippen LogP contribution is -2.47. The molecule has 35 heavy (non-hydrogen) atoms. The number of aromatic nitrogens is 3. The van der Waals surface area contributed by atoms with Gasteiger partial charge in [0.05, 0.1) is 17.6 Å². The lowest BCUT2D eigenvalue weighted by molar-refractivity contribution is -0.118. The van der Waals surface area contributed by atoms with Crippen LogP contribution in [0.2, 0.25) is 0 Å². The summed E-state index contributed by atoms with van der Waals surface area (Å²) in [6, 6.07) is 13.8. The standard InChI is InChI=1S/C26H36N6O2S/c1-2-12-29-16-18-30(19-17-29)13-8-11-27-25(33)22-35(34)21-23-20-28-32(24-9-4-3-5-10-24)26(23)31-14-6-7-15-31/h3-7,9-10,14-15,20H,2,8,11-13,16-19,21-22H2,1H3,(H,27,33)/t35-/m1/s1. The third kappa shape index (κ3) is 7.13. The van der Waals surface area contributed by atoms with Gasteiger partial charge in [0.2, 0.25) is 5.91 Å². The molecule has 1 fully saturated rings. The minimum absolute atomic E-state index is 0.00265. The van der Waals surface area contributed by atoms with Gasteiger partial charge in [-0.25, -0.2) is 4.68 Å². The number of nitrogens with one attached hydrogen (secondary N) is 1. The normalized spacial score (nSPS) is 15.8. The van der Waals surface area contributed by atoms with Gasteiger partial charge in [-0.2, -0.15) is 5.10 Å². The van der Waals surface area contributed by atoms with E-state index in [4.69, 9.17) is 0 Å². The van der Waals surface area contributed by atoms with Crippen LogP contribution in [-0.2, 0) is 21.3 Å². The van der Waals surface area contributed by atoms with Crippen molar-refractivity contribution in [3.05, 3.63) is 66.6 Å². The van der Waals surface area contributed by atoms with Crippen molar-refractivity contribution in [2.45, 2.75) is 25.5 Å². The second-order valence-corrected chi connectivity index (χ2v) is 10.4. The number of carbonyl (C=O) groups is 1. The van der Waals surface area contributed by atoms with E-state index >= 15 is 0 Å². The molecule has 0 saturated carbocycles. The van der Waals surface area contributed by atoms with Crippen LogP contribution in [0.1, 0.15) is 25.3 Å². The SMILES string of the molecule is CCCN1CCN(CCCNC(=O)C[S@](=O)Cc2cnn(-c3ccccc3)c2-n2cccc2)CC1. The van der Waals surface area contributed by atoms with Crippen LogP contribution in [0.5, 0.6) is 0 Å². The smallest absolute Gasteiger partial charge is 0.232 e. The maximum Gasteiger partial charge on any atom is 0.232 e. The van der Waals surface area contributed by atoms with Gasteiger partial charge in [-0.05, 0) is 50.2 Å². The first-order valence-electron chi connectivity index (χ1n) is 12.5. The van der Waals surface area contributed by atoms with Crippen molar-refractivity contribution in [1.82, 2.24) is 29.5 Å². The Morgan fingerprint density at radius 2 is 1.69 bits per heavy atom. The summed E-state index contributed by atoms with van der Waals surface area (Å²) in [4.78, 5) is 17.4. The molecule has 2 aromatic heterocycles. The highest BCUT2D eigenvalue weighted by Crippen LogP contribution is 2.21. The van der Waals surface area contributed by atoms with Crippen LogP contribution in [0.15, 0.2) is 61.1 Å². The van der Waals surface area contributed by atoms with Gasteiger partial charge in [-0.3, -0.25) is 9.00 Å². The number of hydrogen-bond acceptors (Lipinski definition) is 5. The zero-order valence-corrected chi connectivity index (χ0v) is 21.3. The summed E-state index contributed by atoms with van der Waals surface area (Å²) in [6.07, 6.45) is 7.75. The number of para-hydroxylation sites is 1. The third-order valence-electron chi connectivity index (χ3n) is 6.25. The Kier molecular flexibility index (Phi) is 9.28. The van der Waals surface area contributed by atoms with Gasteiger partial charge in [0.25, 0.3) is 0 Å². The lowest BCUT2D eigenvalue weighted by Gasteiger charge is -2.34. The molecular weight excluding hydrogens is 460 g/mol. The molecule has 1 aliphatic heterocycles. The van der Waals surface area contributed by atoms with Crippen LogP contribution in [0, 0.1) is 0 Å². The van der Waals surface area contributed by atoms with Crippen LogP contribution < -0.4 is 5.32 Å². The van der Waals surface area contributed by atoms with E-state index in [0.717, 1.165) is 56.2 Å². The summed E-state index contributed by atoms with van der Waals surface area (Å²) in [6.45, 7) is 9.46. The molecule has 1 aromatic carbocycles. The Morgan fingerprint density at radius 3 is 2.37 bits per heavy atom. The molecular formula is C26H36N6O2S. The number of benzene rings is 1. The predicted molar refractivity (Wildman–Crippen MR) is 140 cm³/mol. The van der Waals surface area contributed by atoms with E-state index in [1.165, 1.54) is 13.0 Å². The summed E-state index contributed by atoms with van der Waals surface area (Å²) < 4.78 is 16.7. The Balaban J connectivity index is 1.25. The summed E-state index contributed by atoms with van der Waals surface area (Å²) in [5, 5.41) is 7.49. The van der Waals surface area contributed by atoms with Gasteiger partial charge >= 0.3 is 0 Å². The van der Waals surface area contributed by atoms with Crippen LogP contribution in [0.4, 0.5) is 0 Å². The molecule has 0 aliphatic carbocycles. The van der Waals surface area contributed by atoms with Crippen LogP contribution >= 0.6 is 0 Å². The van der Waals surface area contributed by atoms with E-state index in [-0.39, 0.29) is 17.4 Å². The maximum absolute atomic E-state index is 12.8. The number of piperazine rings is 1. The third-order valence-corrected chi connectivity index (χ3v) is 7.47. The van der Waals surface area contributed by atoms with E-state index in [0.29, 0.717) is 6.54 Å². The molecule has 0 radical (unpaired) electrons. The van der Waals surface area contributed by atoms with E-state index in [1.54, 1.807) is 6.20 Å². The number of amides is 1. The summed E-state index contributed by atoms with van der Waals surface area (Å²) in [5.41, 5.74) is 1.77. The van der Waals surface area contributed by atoms with Crippen molar-refractivity contribution in [3.8, 4) is 11.5 Å². The van der Waals surface area contributed by atoms with Crippen molar-refractivity contribution in [1.29, 1.82) is 0 Å². The highest BCUT2D eigenvalue weighted by atomic mass is 32.2. The molecule has 8 nitrogen and oxygen atoms in total. The Bertz CT molecular complexity index is 1070. The fourth-order valence-corrected chi connectivity index (χ4v) is 5.54. The molecule has 0 bridgehead atoms. The Morgan fingerprint density at radius 1 is 1.00 bits per heavy atom. The maximum atomic E-state index is 12.8. The summed E-state index contributed by atoms with van der Waals surface area (Å²) in [7, 11) is -1.33. The van der Waals surface area contributed by atoms with Crippen molar-refractivity contribution in [2.24, 2.45) is 0 Å². The minimum atomic E-state index is -1.33. The predicted octanol–water partition coefficient (Wildman–Crippen LogP) is 2.45. The van der Waals surface area contributed by atoms with E-state index in [2.05, 4.69) is 27.1 Å². The number of nitrogens with zero attached hydrogens (tertiary/aromatic N) is 5. The zero-order chi connectivity index (χ0) is 24.5. The monoisotopic (exact) mass is 496 g/mol. The highest BCUT2D eigenvalue weighted by Gasteiger charge is 2.18. The van der Waals surface area contributed by atoms with Crippen molar-refractivity contribution >= 4 is 16.7 Å². The molecule has 1 amide bonds. The number of carbonyl (C=O) groups excluding carboxylic acids is 1. The second-order valence-electron chi connectivity index (χ2n) is 8.95. The molecule has 1 atom stereocenters. The van der Waals surface area contributed by atoms with E-state index < -0.39 is 10.8 Å². The largest absolute Gasteiger partial charge is 0.355 e.